The molecule has 2 heterocycles. The van der Waals surface area contributed by atoms with Crippen molar-refractivity contribution in [3.8, 4) is 0 Å². The van der Waals surface area contributed by atoms with Gasteiger partial charge in [0.05, 0.1) is 6.10 Å². The lowest BCUT2D eigenvalue weighted by Gasteiger charge is -2.23. The first-order chi connectivity index (χ1) is 4.77. The highest BCUT2D eigenvalue weighted by molar-refractivity contribution is 5.85. The molecule has 3 atom stereocenters. The lowest BCUT2D eigenvalue weighted by Crippen LogP contribution is -2.40. The second-order valence-corrected chi connectivity index (χ2v) is 2.64. The summed E-state index contributed by atoms with van der Waals surface area (Å²) in [6.07, 6.45) is 2.55. The number of carbonyl (C=O) groups is 1. The number of ether oxygens (including phenoxy) is 1. The third kappa shape index (κ3) is 0.711. The summed E-state index contributed by atoms with van der Waals surface area (Å²) in [4.78, 5) is 10.9. The van der Waals surface area contributed by atoms with Crippen LogP contribution in [0, 0.1) is 0 Å². The molecule has 0 saturated carbocycles. The molecule has 10 heavy (non-hydrogen) atoms. The summed E-state index contributed by atoms with van der Waals surface area (Å²) in [5.74, 6) is -0.105. The first-order valence-corrected chi connectivity index (χ1v) is 3.32. The van der Waals surface area contributed by atoms with Gasteiger partial charge in [-0.25, -0.2) is 0 Å². The van der Waals surface area contributed by atoms with Gasteiger partial charge in [-0.2, -0.15) is 0 Å². The molecule has 2 bridgehead atoms. The van der Waals surface area contributed by atoms with Crippen molar-refractivity contribution < 1.29 is 14.6 Å². The Morgan fingerprint density at radius 2 is 2.40 bits per heavy atom. The second-order valence-electron chi connectivity index (χ2n) is 2.64. The Labute approximate surface area is 58.3 Å². The van der Waals surface area contributed by atoms with E-state index in [0.717, 1.165) is 0 Å². The van der Waals surface area contributed by atoms with Crippen molar-refractivity contribution in [2.75, 3.05) is 0 Å². The molecule has 0 aromatic rings. The summed E-state index contributed by atoms with van der Waals surface area (Å²) >= 11 is 0. The molecule has 0 radical (unpaired) electrons. The predicted octanol–water partition coefficient (Wildman–Crippen LogP) is -0.356. The summed E-state index contributed by atoms with van der Waals surface area (Å²) in [7, 11) is 0. The van der Waals surface area contributed by atoms with E-state index in [2.05, 4.69) is 0 Å². The Balaban J connectivity index is 2.23. The zero-order valence-corrected chi connectivity index (χ0v) is 5.36. The van der Waals surface area contributed by atoms with E-state index in [1.165, 1.54) is 0 Å². The van der Waals surface area contributed by atoms with Gasteiger partial charge in [-0.05, 0) is 0 Å². The Morgan fingerprint density at radius 1 is 1.60 bits per heavy atom. The van der Waals surface area contributed by atoms with E-state index in [0.29, 0.717) is 6.42 Å². The molecule has 3 nitrogen and oxygen atoms in total. The minimum Gasteiger partial charge on any atom is -0.382 e. The van der Waals surface area contributed by atoms with Crippen LogP contribution in [0.3, 0.4) is 0 Å². The average molecular weight is 140 g/mol. The molecule has 2 aliphatic rings. The van der Waals surface area contributed by atoms with E-state index < -0.39 is 6.10 Å². The number of aliphatic hydroxyl groups excluding tert-OH is 1. The van der Waals surface area contributed by atoms with Gasteiger partial charge < -0.3 is 9.84 Å². The maximum Gasteiger partial charge on any atom is 0.167 e. The van der Waals surface area contributed by atoms with Crippen LogP contribution >= 0.6 is 0 Å². The number of hydrogen-bond donors (Lipinski definition) is 1. The predicted molar refractivity (Wildman–Crippen MR) is 33.4 cm³/mol. The molecule has 54 valence electrons. The number of rotatable bonds is 0. The third-order valence-electron chi connectivity index (χ3n) is 1.89. The van der Waals surface area contributed by atoms with E-state index in [4.69, 9.17) is 9.84 Å². The fourth-order valence-corrected chi connectivity index (χ4v) is 1.32. The summed E-state index contributed by atoms with van der Waals surface area (Å²) in [6.45, 7) is 0. The van der Waals surface area contributed by atoms with Crippen molar-refractivity contribution in [1.82, 2.24) is 0 Å². The lowest BCUT2D eigenvalue weighted by molar-refractivity contribution is -0.144. The van der Waals surface area contributed by atoms with Crippen LogP contribution in [-0.2, 0) is 9.53 Å². The number of ketones is 1. The fourth-order valence-electron chi connectivity index (χ4n) is 1.32. The molecular weight excluding hydrogens is 132 g/mol. The van der Waals surface area contributed by atoms with Crippen LogP contribution in [-0.4, -0.2) is 29.2 Å². The topological polar surface area (TPSA) is 46.5 Å². The summed E-state index contributed by atoms with van der Waals surface area (Å²) in [6, 6.07) is 0. The lowest BCUT2D eigenvalue weighted by atomic mass is 10.1. The highest BCUT2D eigenvalue weighted by Crippen LogP contribution is 2.24. The van der Waals surface area contributed by atoms with Crippen LogP contribution in [0.5, 0.6) is 0 Å². The van der Waals surface area contributed by atoms with Crippen molar-refractivity contribution in [3.05, 3.63) is 12.2 Å². The molecule has 0 aromatic heterocycles. The molecule has 2 aliphatic heterocycles. The van der Waals surface area contributed by atoms with Crippen LogP contribution in [0.2, 0.25) is 0 Å². The van der Waals surface area contributed by atoms with Gasteiger partial charge >= 0.3 is 0 Å². The highest BCUT2D eigenvalue weighted by Gasteiger charge is 2.37. The number of Topliss-reactive ketones (excluding diaryl/α,β-unsaturated/α-hetero) is 1. The molecule has 1 fully saturated rings. The summed E-state index contributed by atoms with van der Waals surface area (Å²) in [5, 5.41) is 9.14. The largest absolute Gasteiger partial charge is 0.382 e. The Kier molecular flexibility index (Phi) is 1.16. The van der Waals surface area contributed by atoms with E-state index in [1.807, 2.05) is 6.08 Å². The minimum atomic E-state index is -0.921. The standard InChI is InChI=1S/C7H8O3/c8-5-3-4-1-2-6(10-4)7(5)9/h1-2,4,6-7,9H,3H2/t4-,6+,7-/m1/s1. The van der Waals surface area contributed by atoms with Gasteiger partial charge in [-0.15, -0.1) is 0 Å². The van der Waals surface area contributed by atoms with Crippen LogP contribution in [0.15, 0.2) is 12.2 Å². The van der Waals surface area contributed by atoms with Gasteiger partial charge in [0, 0.05) is 6.42 Å². The highest BCUT2D eigenvalue weighted by atomic mass is 16.5. The molecular formula is C7H8O3. The van der Waals surface area contributed by atoms with Crippen molar-refractivity contribution >= 4 is 5.78 Å². The molecule has 0 aliphatic carbocycles. The Bertz CT molecular complexity index is 197. The van der Waals surface area contributed by atoms with E-state index in [1.54, 1.807) is 6.08 Å². The van der Waals surface area contributed by atoms with Gasteiger partial charge in [-0.1, -0.05) is 12.2 Å². The number of carbonyl (C=O) groups excluding carboxylic acids is 1. The summed E-state index contributed by atoms with van der Waals surface area (Å²) < 4.78 is 5.20. The van der Waals surface area contributed by atoms with Crippen molar-refractivity contribution in [2.24, 2.45) is 0 Å². The van der Waals surface area contributed by atoms with Gasteiger partial charge in [0.25, 0.3) is 0 Å². The molecule has 0 spiro atoms. The van der Waals surface area contributed by atoms with E-state index in [9.17, 15) is 4.79 Å². The third-order valence-corrected chi connectivity index (χ3v) is 1.89. The SMILES string of the molecule is O=C1C[C@H]2C=C[C@H](O2)[C@@H]1O. The maximum atomic E-state index is 10.9. The quantitative estimate of drug-likeness (QED) is 0.467. The molecule has 0 amide bonds. The molecule has 3 heteroatoms. The van der Waals surface area contributed by atoms with Gasteiger partial charge in [0.1, 0.15) is 12.2 Å². The minimum absolute atomic E-state index is 0.0686. The smallest absolute Gasteiger partial charge is 0.167 e. The molecule has 1 N–H and O–H groups in total. The van der Waals surface area contributed by atoms with Gasteiger partial charge in [0.2, 0.25) is 0 Å². The monoisotopic (exact) mass is 140 g/mol. The Hall–Kier alpha value is -0.670. The van der Waals surface area contributed by atoms with Crippen LogP contribution in [0.25, 0.3) is 0 Å². The van der Waals surface area contributed by atoms with Crippen LogP contribution in [0.4, 0.5) is 0 Å². The summed E-state index contributed by atoms with van der Waals surface area (Å²) in [5.41, 5.74) is 0. The van der Waals surface area contributed by atoms with Gasteiger partial charge in [0.15, 0.2) is 5.78 Å². The molecule has 0 unspecified atom stereocenters. The maximum absolute atomic E-state index is 10.9. The van der Waals surface area contributed by atoms with Crippen LogP contribution in [0.1, 0.15) is 6.42 Å². The van der Waals surface area contributed by atoms with E-state index in [-0.39, 0.29) is 18.0 Å². The van der Waals surface area contributed by atoms with Crippen molar-refractivity contribution in [3.63, 3.8) is 0 Å². The number of fused-ring (bicyclic) bond motifs is 2. The fraction of sp³-hybridized carbons (Fsp3) is 0.571. The van der Waals surface area contributed by atoms with Crippen molar-refractivity contribution in [1.29, 1.82) is 0 Å². The Morgan fingerprint density at radius 3 is 3.20 bits per heavy atom. The molecule has 2 rings (SSSR count). The average Bonchev–Trinajstić information content (AvgIpc) is 2.29. The number of hydrogen-bond acceptors (Lipinski definition) is 3. The zero-order chi connectivity index (χ0) is 7.14. The molecule has 1 saturated heterocycles. The first-order valence-electron chi connectivity index (χ1n) is 3.32. The first kappa shape index (κ1) is 6.07. The zero-order valence-electron chi connectivity index (χ0n) is 5.36. The molecule has 0 aromatic carbocycles. The van der Waals surface area contributed by atoms with Gasteiger partial charge in [-0.3, -0.25) is 4.79 Å². The van der Waals surface area contributed by atoms with Crippen molar-refractivity contribution in [2.45, 2.75) is 24.7 Å². The number of aliphatic hydroxyl groups is 1. The van der Waals surface area contributed by atoms with E-state index >= 15 is 0 Å². The van der Waals surface area contributed by atoms with Crippen LogP contribution < -0.4 is 0 Å². The normalized spacial score (nSPS) is 44.5. The second kappa shape index (κ2) is 1.90.